The molecule has 2 aromatic carbocycles. The summed E-state index contributed by atoms with van der Waals surface area (Å²) < 4.78 is 45.3. The fraction of sp³-hybridized carbons (Fsp3) is 0.250. The molecule has 1 saturated heterocycles. The molecule has 0 aliphatic carbocycles. The Balaban J connectivity index is 1.86. The first-order chi connectivity index (χ1) is 10.1. The molecular weight excluding hydrogens is 279 g/mol. The predicted molar refractivity (Wildman–Crippen MR) is 72.5 cm³/mol. The van der Waals surface area contributed by atoms with Gasteiger partial charge < -0.3 is 10.1 Å². The fourth-order valence-electron chi connectivity index (χ4n) is 2.31. The zero-order valence-corrected chi connectivity index (χ0v) is 11.2. The van der Waals surface area contributed by atoms with Crippen molar-refractivity contribution in [3.8, 4) is 5.75 Å². The summed E-state index contributed by atoms with van der Waals surface area (Å²) in [4.78, 5) is 0. The molecule has 2 aromatic rings. The van der Waals surface area contributed by atoms with E-state index in [2.05, 4.69) is 5.32 Å². The molecule has 0 spiro atoms. The van der Waals surface area contributed by atoms with Crippen LogP contribution < -0.4 is 10.1 Å². The number of ether oxygens (including phenoxy) is 1. The van der Waals surface area contributed by atoms with E-state index in [1.54, 1.807) is 0 Å². The van der Waals surface area contributed by atoms with Crippen molar-refractivity contribution in [2.45, 2.75) is 6.10 Å². The number of halogens is 3. The Morgan fingerprint density at radius 2 is 1.67 bits per heavy atom. The second-order valence-electron chi connectivity index (χ2n) is 5.08. The zero-order valence-electron chi connectivity index (χ0n) is 11.2. The van der Waals surface area contributed by atoms with Crippen LogP contribution in [0.15, 0.2) is 42.5 Å². The first-order valence-corrected chi connectivity index (χ1v) is 6.71. The van der Waals surface area contributed by atoms with Gasteiger partial charge in [0, 0.05) is 19.0 Å². The minimum atomic E-state index is -0.896. The van der Waals surface area contributed by atoms with Crippen molar-refractivity contribution in [3.63, 3.8) is 0 Å². The second kappa shape index (κ2) is 5.77. The van der Waals surface area contributed by atoms with Crippen molar-refractivity contribution in [1.29, 1.82) is 0 Å². The minimum absolute atomic E-state index is 0.167. The van der Waals surface area contributed by atoms with Crippen molar-refractivity contribution in [2.24, 2.45) is 5.92 Å². The molecule has 1 N–H and O–H groups in total. The van der Waals surface area contributed by atoms with Crippen molar-refractivity contribution in [2.75, 3.05) is 13.1 Å². The van der Waals surface area contributed by atoms with Crippen molar-refractivity contribution < 1.29 is 17.9 Å². The van der Waals surface area contributed by atoms with E-state index >= 15 is 0 Å². The predicted octanol–water partition coefficient (Wildman–Crippen LogP) is 3.44. The molecule has 110 valence electrons. The molecule has 1 heterocycles. The molecule has 1 unspecified atom stereocenters. The molecule has 1 atom stereocenters. The summed E-state index contributed by atoms with van der Waals surface area (Å²) in [5.41, 5.74) is 0.574. The van der Waals surface area contributed by atoms with E-state index < -0.39 is 17.7 Å². The van der Waals surface area contributed by atoms with E-state index in [0.717, 1.165) is 25.2 Å². The van der Waals surface area contributed by atoms with Crippen LogP contribution in [0.1, 0.15) is 11.7 Å². The Morgan fingerprint density at radius 1 is 0.952 bits per heavy atom. The maximum absolute atomic E-state index is 13.4. The zero-order chi connectivity index (χ0) is 14.8. The van der Waals surface area contributed by atoms with Gasteiger partial charge in [-0.05, 0) is 42.0 Å². The molecule has 1 fully saturated rings. The number of hydrogen-bond donors (Lipinski definition) is 1. The van der Waals surface area contributed by atoms with Crippen LogP contribution in [0.2, 0.25) is 0 Å². The summed E-state index contributed by atoms with van der Waals surface area (Å²) in [6, 6.07) is 9.42. The Kier molecular flexibility index (Phi) is 3.84. The van der Waals surface area contributed by atoms with Crippen LogP contribution in [-0.2, 0) is 0 Å². The highest BCUT2D eigenvalue weighted by molar-refractivity contribution is 5.27. The second-order valence-corrected chi connectivity index (χ2v) is 5.08. The highest BCUT2D eigenvalue weighted by atomic mass is 19.2. The topological polar surface area (TPSA) is 21.3 Å². The lowest BCUT2D eigenvalue weighted by molar-refractivity contribution is 0.0988. The van der Waals surface area contributed by atoms with E-state index in [1.807, 2.05) is 0 Å². The molecule has 21 heavy (non-hydrogen) atoms. The van der Waals surface area contributed by atoms with Crippen LogP contribution in [0.4, 0.5) is 13.2 Å². The third kappa shape index (κ3) is 3.03. The summed E-state index contributed by atoms with van der Waals surface area (Å²) >= 11 is 0. The largest absolute Gasteiger partial charge is 0.485 e. The van der Waals surface area contributed by atoms with Gasteiger partial charge in [-0.3, -0.25) is 0 Å². The number of hydrogen-bond acceptors (Lipinski definition) is 2. The van der Waals surface area contributed by atoms with Gasteiger partial charge in [0.05, 0.1) is 0 Å². The number of nitrogens with one attached hydrogen (secondary N) is 1. The molecule has 1 aliphatic heterocycles. The molecule has 0 radical (unpaired) electrons. The normalized spacial score (nSPS) is 16.3. The third-order valence-corrected chi connectivity index (χ3v) is 3.59. The van der Waals surface area contributed by atoms with E-state index in [-0.39, 0.29) is 11.7 Å². The van der Waals surface area contributed by atoms with E-state index in [0.29, 0.717) is 11.3 Å². The van der Waals surface area contributed by atoms with Crippen LogP contribution in [0, 0.1) is 23.4 Å². The van der Waals surface area contributed by atoms with E-state index in [1.165, 1.54) is 30.3 Å². The van der Waals surface area contributed by atoms with Crippen LogP contribution in [0.3, 0.4) is 0 Å². The summed E-state index contributed by atoms with van der Waals surface area (Å²) in [5, 5.41) is 3.12. The van der Waals surface area contributed by atoms with Crippen LogP contribution >= 0.6 is 0 Å². The Bertz CT molecular complexity index is 626. The molecular formula is C16H14F3NO. The van der Waals surface area contributed by atoms with Gasteiger partial charge in [0.15, 0.2) is 11.6 Å². The van der Waals surface area contributed by atoms with Gasteiger partial charge in [0.1, 0.15) is 17.7 Å². The number of rotatable bonds is 4. The van der Waals surface area contributed by atoms with Crippen LogP contribution in [0.5, 0.6) is 5.75 Å². The average molecular weight is 293 g/mol. The summed E-state index contributed by atoms with van der Waals surface area (Å²) in [6.07, 6.45) is -0.396. The van der Waals surface area contributed by atoms with Gasteiger partial charge in [0.25, 0.3) is 0 Å². The SMILES string of the molecule is Fc1ccc(OC(c2ccc(F)c(F)c2)C2CNC2)cc1. The van der Waals surface area contributed by atoms with Crippen LogP contribution in [0.25, 0.3) is 0 Å². The first-order valence-electron chi connectivity index (χ1n) is 6.71. The lowest BCUT2D eigenvalue weighted by atomic mass is 9.90. The highest BCUT2D eigenvalue weighted by Crippen LogP contribution is 2.31. The quantitative estimate of drug-likeness (QED) is 0.932. The maximum atomic E-state index is 13.4. The fourth-order valence-corrected chi connectivity index (χ4v) is 2.31. The summed E-state index contributed by atoms with van der Waals surface area (Å²) in [7, 11) is 0. The molecule has 0 amide bonds. The number of benzene rings is 2. The van der Waals surface area contributed by atoms with E-state index in [4.69, 9.17) is 4.74 Å². The van der Waals surface area contributed by atoms with Crippen molar-refractivity contribution >= 4 is 0 Å². The first kappa shape index (κ1) is 13.9. The standard InChI is InChI=1S/C16H14F3NO/c17-12-2-4-13(5-3-12)21-16(11-8-20-9-11)10-1-6-14(18)15(19)7-10/h1-7,11,16,20H,8-9H2. The maximum Gasteiger partial charge on any atom is 0.159 e. The molecule has 1 aliphatic rings. The lowest BCUT2D eigenvalue weighted by Crippen LogP contribution is -2.46. The van der Waals surface area contributed by atoms with Crippen molar-refractivity contribution in [1.82, 2.24) is 5.32 Å². The summed E-state index contributed by atoms with van der Waals surface area (Å²) in [5.74, 6) is -1.46. The van der Waals surface area contributed by atoms with Gasteiger partial charge in [-0.25, -0.2) is 13.2 Å². The molecule has 3 rings (SSSR count). The Hall–Kier alpha value is -2.01. The van der Waals surface area contributed by atoms with Crippen LogP contribution in [-0.4, -0.2) is 13.1 Å². The van der Waals surface area contributed by atoms with E-state index in [9.17, 15) is 13.2 Å². The molecule has 5 heteroatoms. The van der Waals surface area contributed by atoms with Gasteiger partial charge in [-0.15, -0.1) is 0 Å². The monoisotopic (exact) mass is 293 g/mol. The summed E-state index contributed by atoms with van der Waals surface area (Å²) in [6.45, 7) is 1.48. The smallest absolute Gasteiger partial charge is 0.159 e. The van der Waals surface area contributed by atoms with Crippen molar-refractivity contribution in [3.05, 3.63) is 65.5 Å². The third-order valence-electron chi connectivity index (χ3n) is 3.59. The van der Waals surface area contributed by atoms with Gasteiger partial charge in [-0.2, -0.15) is 0 Å². The lowest BCUT2D eigenvalue weighted by Gasteiger charge is -2.35. The molecule has 0 bridgehead atoms. The Morgan fingerprint density at radius 3 is 2.24 bits per heavy atom. The Labute approximate surface area is 120 Å². The molecule has 0 saturated carbocycles. The minimum Gasteiger partial charge on any atom is -0.485 e. The molecule has 2 nitrogen and oxygen atoms in total. The average Bonchev–Trinajstić information content (AvgIpc) is 2.41. The molecule has 0 aromatic heterocycles. The van der Waals surface area contributed by atoms with Gasteiger partial charge in [-0.1, -0.05) is 6.07 Å². The van der Waals surface area contributed by atoms with Gasteiger partial charge >= 0.3 is 0 Å². The van der Waals surface area contributed by atoms with Gasteiger partial charge in [0.2, 0.25) is 0 Å². The highest BCUT2D eigenvalue weighted by Gasteiger charge is 2.30.